The molecule has 1 saturated carbocycles. The van der Waals surface area contributed by atoms with Crippen molar-refractivity contribution >= 4 is 15.9 Å². The number of carbonyl (C=O) groups excluding carboxylic acids is 1. The number of nitrogens with one attached hydrogen (secondary N) is 1. The van der Waals surface area contributed by atoms with Crippen LogP contribution in [-0.4, -0.2) is 29.7 Å². The fraction of sp³-hybridized carbons (Fsp3) is 0.231. The summed E-state index contributed by atoms with van der Waals surface area (Å²) in [7, 11) is -3.86. The van der Waals surface area contributed by atoms with E-state index < -0.39 is 10.0 Å². The van der Waals surface area contributed by atoms with Crippen LogP contribution in [0.5, 0.6) is 11.5 Å². The number of rotatable bonds is 11. The molecule has 7 nitrogen and oxygen atoms in total. The van der Waals surface area contributed by atoms with E-state index in [2.05, 4.69) is 10.3 Å². The summed E-state index contributed by atoms with van der Waals surface area (Å²) < 4.78 is 35.2. The van der Waals surface area contributed by atoms with Gasteiger partial charge in [0.25, 0.3) is 5.91 Å². The summed E-state index contributed by atoms with van der Waals surface area (Å²) in [6.45, 7) is 0.352. The second-order valence-electron chi connectivity index (χ2n) is 12.0. The van der Waals surface area contributed by atoms with Gasteiger partial charge in [0.1, 0.15) is 11.5 Å². The standard InChI is InChI=1S/C39H39N3O4S/c43-39(41-35-10-4-1-2-5-11-35)34-20-18-33(19-21-34)32-16-14-30(15-17-32)28-42(29-31-9-8-26-40-27-31)47(44,45)38-24-22-37(23-25-38)46-36-12-6-3-7-13-36/h3,6-9,12-27,35H,1-2,4-5,10-11,28-29H2,(H,41,43). The summed E-state index contributed by atoms with van der Waals surface area (Å²) in [6, 6.07) is 35.3. The topological polar surface area (TPSA) is 88.6 Å². The molecule has 0 bridgehead atoms. The highest BCUT2D eigenvalue weighted by atomic mass is 32.2. The van der Waals surface area contributed by atoms with Crippen LogP contribution >= 0.6 is 0 Å². The third-order valence-electron chi connectivity index (χ3n) is 8.51. The molecule has 1 fully saturated rings. The molecule has 6 rings (SSSR count). The lowest BCUT2D eigenvalue weighted by Gasteiger charge is -2.23. The van der Waals surface area contributed by atoms with Gasteiger partial charge in [0.05, 0.1) is 4.90 Å². The minimum Gasteiger partial charge on any atom is -0.457 e. The molecular formula is C39H39N3O4S. The van der Waals surface area contributed by atoms with Gasteiger partial charge in [-0.25, -0.2) is 8.42 Å². The van der Waals surface area contributed by atoms with Crippen LogP contribution in [0.25, 0.3) is 11.1 Å². The molecule has 4 aromatic carbocycles. The van der Waals surface area contributed by atoms with Crippen molar-refractivity contribution in [3.05, 3.63) is 144 Å². The highest BCUT2D eigenvalue weighted by Gasteiger charge is 2.25. The summed E-state index contributed by atoms with van der Waals surface area (Å²) in [5.74, 6) is 1.21. The fourth-order valence-corrected chi connectivity index (χ4v) is 7.30. The van der Waals surface area contributed by atoms with E-state index in [4.69, 9.17) is 4.74 Å². The molecule has 0 unspecified atom stereocenters. The number of sulfonamides is 1. The van der Waals surface area contributed by atoms with Gasteiger partial charge in [-0.2, -0.15) is 4.31 Å². The van der Waals surface area contributed by atoms with Crippen LogP contribution in [0.1, 0.15) is 60.0 Å². The van der Waals surface area contributed by atoms with E-state index in [9.17, 15) is 13.2 Å². The van der Waals surface area contributed by atoms with E-state index in [1.165, 1.54) is 30.0 Å². The van der Waals surface area contributed by atoms with Crippen molar-refractivity contribution in [3.8, 4) is 22.6 Å². The van der Waals surface area contributed by atoms with Gasteiger partial charge in [0, 0.05) is 37.1 Å². The maximum atomic E-state index is 14.0. The largest absolute Gasteiger partial charge is 0.457 e. The molecule has 1 heterocycles. The van der Waals surface area contributed by atoms with Crippen molar-refractivity contribution in [3.63, 3.8) is 0 Å². The molecule has 1 aliphatic carbocycles. The number of benzene rings is 4. The molecule has 0 atom stereocenters. The Kier molecular flexibility index (Phi) is 10.4. The number of ether oxygens (including phenoxy) is 1. The van der Waals surface area contributed by atoms with Crippen LogP contribution in [-0.2, 0) is 23.1 Å². The molecule has 8 heteroatoms. The first kappa shape index (κ1) is 32.2. The zero-order valence-electron chi connectivity index (χ0n) is 26.3. The molecule has 0 spiro atoms. The van der Waals surface area contributed by atoms with Crippen LogP contribution in [0.4, 0.5) is 0 Å². The van der Waals surface area contributed by atoms with Crippen LogP contribution in [0.2, 0.25) is 0 Å². The van der Waals surface area contributed by atoms with E-state index >= 15 is 0 Å². The van der Waals surface area contributed by atoms with Gasteiger partial charge >= 0.3 is 0 Å². The normalized spacial score (nSPS) is 14.0. The summed E-state index contributed by atoms with van der Waals surface area (Å²) in [5, 5.41) is 3.21. The number of para-hydroxylation sites is 1. The van der Waals surface area contributed by atoms with Gasteiger partial charge in [0.15, 0.2) is 0 Å². The minimum absolute atomic E-state index is 0.0212. The average Bonchev–Trinajstić information content (AvgIpc) is 3.38. The highest BCUT2D eigenvalue weighted by molar-refractivity contribution is 7.89. The third-order valence-corrected chi connectivity index (χ3v) is 10.3. The first-order valence-electron chi connectivity index (χ1n) is 16.2. The van der Waals surface area contributed by atoms with Crippen molar-refractivity contribution in [1.82, 2.24) is 14.6 Å². The van der Waals surface area contributed by atoms with E-state index in [0.717, 1.165) is 35.1 Å². The smallest absolute Gasteiger partial charge is 0.251 e. The molecule has 240 valence electrons. The van der Waals surface area contributed by atoms with E-state index in [-0.39, 0.29) is 29.9 Å². The Hall–Kier alpha value is -4.79. The fourth-order valence-electron chi connectivity index (χ4n) is 5.89. The minimum atomic E-state index is -3.86. The first-order valence-corrected chi connectivity index (χ1v) is 17.6. The molecule has 1 aliphatic rings. The van der Waals surface area contributed by atoms with E-state index in [0.29, 0.717) is 17.1 Å². The van der Waals surface area contributed by atoms with Crippen molar-refractivity contribution in [2.75, 3.05) is 0 Å². The lowest BCUT2D eigenvalue weighted by Crippen LogP contribution is -2.34. The van der Waals surface area contributed by atoms with Crippen LogP contribution < -0.4 is 10.1 Å². The van der Waals surface area contributed by atoms with Gasteiger partial charge in [-0.1, -0.05) is 86.3 Å². The van der Waals surface area contributed by atoms with Crippen molar-refractivity contribution in [2.45, 2.75) is 62.6 Å². The first-order chi connectivity index (χ1) is 22.9. The van der Waals surface area contributed by atoms with Gasteiger partial charge in [-0.15, -0.1) is 0 Å². The Morgan fingerprint density at radius 3 is 1.96 bits per heavy atom. The lowest BCUT2D eigenvalue weighted by atomic mass is 10.0. The van der Waals surface area contributed by atoms with Crippen molar-refractivity contribution in [2.24, 2.45) is 0 Å². The number of carbonyl (C=O) groups is 1. The maximum absolute atomic E-state index is 14.0. The molecular weight excluding hydrogens is 607 g/mol. The summed E-state index contributed by atoms with van der Waals surface area (Å²) >= 11 is 0. The Bertz CT molecular complexity index is 1840. The number of amides is 1. The Morgan fingerprint density at radius 1 is 0.702 bits per heavy atom. The summed E-state index contributed by atoms with van der Waals surface area (Å²) in [4.78, 5) is 17.2. The summed E-state index contributed by atoms with van der Waals surface area (Å²) in [6.07, 6.45) is 10.3. The SMILES string of the molecule is O=C(NC1CCCCCC1)c1ccc(-c2ccc(CN(Cc3cccnc3)S(=O)(=O)c3ccc(Oc4ccccc4)cc3)cc2)cc1. The molecule has 1 aromatic heterocycles. The number of hydrogen-bond acceptors (Lipinski definition) is 5. The lowest BCUT2D eigenvalue weighted by molar-refractivity contribution is 0.0933. The Labute approximate surface area is 277 Å². The zero-order chi connectivity index (χ0) is 32.5. The van der Waals surface area contributed by atoms with Crippen molar-refractivity contribution < 1.29 is 17.9 Å². The predicted molar refractivity (Wildman–Crippen MR) is 184 cm³/mol. The second kappa shape index (κ2) is 15.2. The number of nitrogens with zero attached hydrogens (tertiary/aromatic N) is 2. The molecule has 0 saturated heterocycles. The van der Waals surface area contributed by atoms with Gasteiger partial charge in [-0.05, 0) is 89.7 Å². The van der Waals surface area contributed by atoms with Crippen LogP contribution in [0.15, 0.2) is 133 Å². The third kappa shape index (κ3) is 8.52. The number of hydrogen-bond donors (Lipinski definition) is 1. The van der Waals surface area contributed by atoms with Gasteiger partial charge in [0.2, 0.25) is 10.0 Å². The van der Waals surface area contributed by atoms with E-state index in [1.54, 1.807) is 42.7 Å². The average molecular weight is 646 g/mol. The molecule has 0 radical (unpaired) electrons. The molecule has 0 aliphatic heterocycles. The Morgan fingerprint density at radius 2 is 1.32 bits per heavy atom. The maximum Gasteiger partial charge on any atom is 0.251 e. The monoisotopic (exact) mass is 645 g/mol. The van der Waals surface area contributed by atoms with Crippen molar-refractivity contribution in [1.29, 1.82) is 0 Å². The number of aromatic nitrogens is 1. The second-order valence-corrected chi connectivity index (χ2v) is 13.9. The molecule has 1 amide bonds. The number of pyridine rings is 1. The quantitative estimate of drug-likeness (QED) is 0.146. The molecule has 1 N–H and O–H groups in total. The van der Waals surface area contributed by atoms with E-state index in [1.807, 2.05) is 84.9 Å². The highest BCUT2D eigenvalue weighted by Crippen LogP contribution is 2.27. The van der Waals surface area contributed by atoms with Crippen LogP contribution in [0.3, 0.4) is 0 Å². The zero-order valence-corrected chi connectivity index (χ0v) is 27.1. The van der Waals surface area contributed by atoms with Gasteiger partial charge < -0.3 is 10.1 Å². The summed E-state index contributed by atoms with van der Waals surface area (Å²) in [5.41, 5.74) is 4.27. The molecule has 5 aromatic rings. The van der Waals surface area contributed by atoms with Crippen LogP contribution in [0, 0.1) is 0 Å². The molecule has 47 heavy (non-hydrogen) atoms. The van der Waals surface area contributed by atoms with Gasteiger partial charge in [-0.3, -0.25) is 9.78 Å². The predicted octanol–water partition coefficient (Wildman–Crippen LogP) is 8.38. The Balaban J connectivity index is 1.16.